The van der Waals surface area contributed by atoms with Crippen LogP contribution in [0.1, 0.15) is 30.4 Å². The molecule has 0 aromatic heterocycles. The molecule has 1 aromatic carbocycles. The summed E-state index contributed by atoms with van der Waals surface area (Å²) in [5, 5.41) is 10.3. The van der Waals surface area contributed by atoms with E-state index in [9.17, 15) is 9.90 Å². The number of carbonyl (C=O) groups excluding carboxylic acids is 1. The van der Waals surface area contributed by atoms with Crippen molar-refractivity contribution in [1.82, 2.24) is 9.80 Å². The van der Waals surface area contributed by atoms with Crippen LogP contribution in [0.25, 0.3) is 0 Å². The number of aliphatic hydroxyl groups excluding tert-OH is 1. The number of carbonyl (C=O) groups is 1. The van der Waals surface area contributed by atoms with Gasteiger partial charge < -0.3 is 14.7 Å². The molecule has 1 N–H and O–H groups in total. The summed E-state index contributed by atoms with van der Waals surface area (Å²) >= 11 is 0. The first-order valence-corrected chi connectivity index (χ1v) is 9.34. The van der Waals surface area contributed by atoms with E-state index in [1.807, 2.05) is 19.2 Å². The summed E-state index contributed by atoms with van der Waals surface area (Å²) in [5.74, 6) is 0.359. The molecule has 2 aliphatic rings. The number of nitrogens with zero attached hydrogens (tertiary/aromatic N) is 2. The highest BCUT2D eigenvalue weighted by molar-refractivity contribution is 5.78. The predicted octanol–water partition coefficient (Wildman–Crippen LogP) is 1.82. The summed E-state index contributed by atoms with van der Waals surface area (Å²) in [6, 6.07) is 8.34. The van der Waals surface area contributed by atoms with Gasteiger partial charge in [0.2, 0.25) is 5.91 Å². The lowest BCUT2D eigenvalue weighted by Gasteiger charge is -2.40. The van der Waals surface area contributed by atoms with E-state index in [-0.39, 0.29) is 24.0 Å². The van der Waals surface area contributed by atoms with Crippen LogP contribution in [0.3, 0.4) is 0 Å². The third-order valence-corrected chi connectivity index (χ3v) is 5.74. The van der Waals surface area contributed by atoms with Crippen LogP contribution in [-0.2, 0) is 16.1 Å². The number of ether oxygens (including phenoxy) is 1. The number of benzene rings is 1. The standard InChI is InChI=1S/C20H30N2O3/c1-15-6-3-4-7-16(15)12-21(2)20(24)13-22-10-11-25-14-18(22)17-8-5-9-19(17)23/h3-4,6-7,17-19,23H,5,8-14H2,1-2H3/t17-,18-,19+/m1/s1. The molecule has 0 spiro atoms. The Balaban J connectivity index is 1.61. The number of likely N-dealkylation sites (N-methyl/N-ethyl adjacent to an activating group) is 1. The summed E-state index contributed by atoms with van der Waals surface area (Å²) in [7, 11) is 1.87. The van der Waals surface area contributed by atoms with Gasteiger partial charge in [-0.15, -0.1) is 0 Å². The quantitative estimate of drug-likeness (QED) is 0.884. The Labute approximate surface area is 150 Å². The highest BCUT2D eigenvalue weighted by Gasteiger charge is 2.38. The second kappa shape index (κ2) is 8.30. The van der Waals surface area contributed by atoms with Crippen molar-refractivity contribution in [3.63, 3.8) is 0 Å². The second-order valence-electron chi connectivity index (χ2n) is 7.45. The minimum atomic E-state index is -0.256. The Kier molecular flexibility index (Phi) is 6.10. The Morgan fingerprint density at radius 3 is 2.88 bits per heavy atom. The molecule has 25 heavy (non-hydrogen) atoms. The molecule has 1 heterocycles. The molecule has 138 valence electrons. The number of morpholine rings is 1. The van der Waals surface area contributed by atoms with Crippen molar-refractivity contribution in [3.05, 3.63) is 35.4 Å². The largest absolute Gasteiger partial charge is 0.393 e. The van der Waals surface area contributed by atoms with Gasteiger partial charge in [0.1, 0.15) is 0 Å². The molecular formula is C20H30N2O3. The second-order valence-corrected chi connectivity index (χ2v) is 7.45. The first kappa shape index (κ1) is 18.4. The van der Waals surface area contributed by atoms with E-state index in [1.54, 1.807) is 4.90 Å². The molecule has 2 fully saturated rings. The minimum Gasteiger partial charge on any atom is -0.393 e. The average Bonchev–Trinajstić information content (AvgIpc) is 3.03. The lowest BCUT2D eigenvalue weighted by atomic mass is 9.94. The maximum absolute atomic E-state index is 12.7. The van der Waals surface area contributed by atoms with Gasteiger partial charge in [-0.25, -0.2) is 0 Å². The zero-order chi connectivity index (χ0) is 17.8. The van der Waals surface area contributed by atoms with E-state index in [1.165, 1.54) is 11.1 Å². The average molecular weight is 346 g/mol. The molecule has 1 aromatic rings. The summed E-state index contributed by atoms with van der Waals surface area (Å²) in [6.07, 6.45) is 2.71. The van der Waals surface area contributed by atoms with Gasteiger partial charge in [-0.1, -0.05) is 30.7 Å². The minimum absolute atomic E-state index is 0.127. The monoisotopic (exact) mass is 346 g/mol. The summed E-state index contributed by atoms with van der Waals surface area (Å²) in [4.78, 5) is 16.8. The molecule has 3 rings (SSSR count). The molecule has 0 unspecified atom stereocenters. The maximum Gasteiger partial charge on any atom is 0.236 e. The van der Waals surface area contributed by atoms with Crippen molar-refractivity contribution in [1.29, 1.82) is 0 Å². The van der Waals surface area contributed by atoms with E-state index in [4.69, 9.17) is 4.74 Å². The molecule has 1 saturated carbocycles. The first-order chi connectivity index (χ1) is 12.1. The zero-order valence-corrected chi connectivity index (χ0v) is 15.4. The number of hydrogen-bond donors (Lipinski definition) is 1. The molecule has 5 heteroatoms. The predicted molar refractivity (Wildman–Crippen MR) is 97.2 cm³/mol. The molecule has 1 saturated heterocycles. The zero-order valence-electron chi connectivity index (χ0n) is 15.4. The maximum atomic E-state index is 12.7. The molecule has 1 aliphatic carbocycles. The molecule has 0 radical (unpaired) electrons. The van der Waals surface area contributed by atoms with Crippen molar-refractivity contribution in [2.24, 2.45) is 5.92 Å². The van der Waals surface area contributed by atoms with E-state index < -0.39 is 0 Å². The van der Waals surface area contributed by atoms with Gasteiger partial charge in [-0.05, 0) is 30.9 Å². The normalized spacial score (nSPS) is 27.4. The van der Waals surface area contributed by atoms with Gasteiger partial charge in [0.15, 0.2) is 0 Å². The Hall–Kier alpha value is -1.43. The fraction of sp³-hybridized carbons (Fsp3) is 0.650. The van der Waals surface area contributed by atoms with Gasteiger partial charge in [-0.3, -0.25) is 9.69 Å². The van der Waals surface area contributed by atoms with E-state index in [0.29, 0.717) is 26.3 Å². The van der Waals surface area contributed by atoms with Crippen molar-refractivity contribution >= 4 is 5.91 Å². The molecule has 5 nitrogen and oxygen atoms in total. The third kappa shape index (κ3) is 4.40. The van der Waals surface area contributed by atoms with Crippen LogP contribution in [0.15, 0.2) is 24.3 Å². The van der Waals surface area contributed by atoms with Crippen LogP contribution in [0.2, 0.25) is 0 Å². The Morgan fingerprint density at radius 2 is 2.16 bits per heavy atom. The van der Waals surface area contributed by atoms with E-state index in [2.05, 4.69) is 24.0 Å². The smallest absolute Gasteiger partial charge is 0.236 e. The van der Waals surface area contributed by atoms with Gasteiger partial charge in [-0.2, -0.15) is 0 Å². The van der Waals surface area contributed by atoms with Crippen LogP contribution in [0.4, 0.5) is 0 Å². The lowest BCUT2D eigenvalue weighted by molar-refractivity contribution is -0.135. The van der Waals surface area contributed by atoms with Gasteiger partial charge >= 0.3 is 0 Å². The molecule has 1 amide bonds. The van der Waals surface area contributed by atoms with E-state index in [0.717, 1.165) is 25.8 Å². The SMILES string of the molecule is Cc1ccccc1CN(C)C(=O)CN1CCOC[C@@H]1[C@H]1CCC[C@@H]1O. The number of amides is 1. The Morgan fingerprint density at radius 1 is 1.36 bits per heavy atom. The van der Waals surface area contributed by atoms with Crippen molar-refractivity contribution in [3.8, 4) is 0 Å². The first-order valence-electron chi connectivity index (χ1n) is 9.34. The van der Waals surface area contributed by atoms with Crippen molar-refractivity contribution in [2.45, 2.75) is 44.9 Å². The Bertz CT molecular complexity index is 592. The lowest BCUT2D eigenvalue weighted by Crippen LogP contribution is -2.54. The molecule has 1 aliphatic heterocycles. The van der Waals surface area contributed by atoms with Gasteiger partial charge in [0.25, 0.3) is 0 Å². The summed E-state index contributed by atoms with van der Waals surface area (Å²) in [5.41, 5.74) is 2.39. The van der Waals surface area contributed by atoms with Gasteiger partial charge in [0.05, 0.1) is 25.9 Å². The van der Waals surface area contributed by atoms with Crippen LogP contribution in [-0.4, -0.2) is 66.3 Å². The number of aliphatic hydroxyl groups is 1. The highest BCUT2D eigenvalue weighted by atomic mass is 16.5. The topological polar surface area (TPSA) is 53.0 Å². The third-order valence-electron chi connectivity index (χ3n) is 5.74. The molecular weight excluding hydrogens is 316 g/mol. The van der Waals surface area contributed by atoms with Gasteiger partial charge in [0, 0.05) is 32.1 Å². The fourth-order valence-electron chi connectivity index (χ4n) is 4.09. The van der Waals surface area contributed by atoms with Crippen LogP contribution < -0.4 is 0 Å². The van der Waals surface area contributed by atoms with Crippen LogP contribution in [0, 0.1) is 12.8 Å². The number of rotatable bonds is 5. The number of hydrogen-bond acceptors (Lipinski definition) is 4. The molecule has 3 atom stereocenters. The van der Waals surface area contributed by atoms with Crippen LogP contribution >= 0.6 is 0 Å². The fourth-order valence-corrected chi connectivity index (χ4v) is 4.09. The van der Waals surface area contributed by atoms with E-state index >= 15 is 0 Å². The highest BCUT2D eigenvalue weighted by Crippen LogP contribution is 2.32. The number of aryl methyl sites for hydroxylation is 1. The van der Waals surface area contributed by atoms with Crippen molar-refractivity contribution < 1.29 is 14.6 Å². The van der Waals surface area contributed by atoms with Crippen molar-refractivity contribution in [2.75, 3.05) is 33.4 Å². The van der Waals surface area contributed by atoms with Crippen LogP contribution in [0.5, 0.6) is 0 Å². The summed E-state index contributed by atoms with van der Waals surface area (Å²) in [6.45, 7) is 5.15. The summed E-state index contributed by atoms with van der Waals surface area (Å²) < 4.78 is 5.65. The molecule has 0 bridgehead atoms.